The fraction of sp³-hybridized carbons (Fsp3) is 0.235. The smallest absolute Gasteiger partial charge is 0.222 e. The topological polar surface area (TPSA) is 96.1 Å². The van der Waals surface area contributed by atoms with Crippen LogP contribution >= 0.6 is 11.3 Å². The summed E-state index contributed by atoms with van der Waals surface area (Å²) in [6.45, 7) is 5.50. The molecule has 1 heterocycles. The lowest BCUT2D eigenvalue weighted by molar-refractivity contribution is -2.00. The Kier molecular flexibility index (Phi) is 6.28. The van der Waals surface area contributed by atoms with Gasteiger partial charge in [-0.05, 0) is 6.07 Å². The number of hydrogen-bond donors (Lipinski definition) is 0. The van der Waals surface area contributed by atoms with Crippen LogP contribution in [0.1, 0.15) is 30.3 Å². The third-order valence-corrected chi connectivity index (χ3v) is 4.78. The Morgan fingerprint density at radius 2 is 1.46 bits per heavy atom. The maximum atomic E-state index is 8.49. The summed E-state index contributed by atoms with van der Waals surface area (Å²) >= 11 is 1.91. The second-order valence-electron chi connectivity index (χ2n) is 5.51. The standard InChI is InChI=1S/C17H18NS.ClHO4/c1-13(2)17-18(12-14-8-4-3-5-9-14)15-10-6-7-11-16(15)19-17;2-1(3,4)5/h3-11,13H,12H2,1-2H3;(H,2,3,4,5)/q+1;/p-1. The van der Waals surface area contributed by atoms with Crippen LogP contribution in [0, 0.1) is 10.2 Å². The van der Waals surface area contributed by atoms with Crippen LogP contribution in [0.5, 0.6) is 0 Å². The maximum absolute atomic E-state index is 8.49. The maximum Gasteiger partial charge on any atom is 0.241 e. The first-order valence-corrected chi connectivity index (χ1v) is 9.37. The number of halogens is 1. The molecule has 0 saturated carbocycles. The molecule has 1 aromatic heterocycles. The number of aromatic nitrogens is 1. The lowest BCUT2D eigenvalue weighted by Gasteiger charge is -2.17. The Morgan fingerprint density at radius 1 is 0.917 bits per heavy atom. The Labute approximate surface area is 146 Å². The summed E-state index contributed by atoms with van der Waals surface area (Å²) in [5, 5.41) is 1.45. The van der Waals surface area contributed by atoms with E-state index in [0.717, 1.165) is 6.54 Å². The van der Waals surface area contributed by atoms with Crippen molar-refractivity contribution in [3.63, 3.8) is 0 Å². The summed E-state index contributed by atoms with van der Waals surface area (Å²) in [4.78, 5) is 0. The minimum Gasteiger partial charge on any atom is -0.222 e. The monoisotopic (exact) mass is 367 g/mol. The minimum absolute atomic E-state index is 0.557. The molecular weight excluding hydrogens is 350 g/mol. The summed E-state index contributed by atoms with van der Waals surface area (Å²) in [6.07, 6.45) is 0. The zero-order valence-electron chi connectivity index (χ0n) is 13.3. The molecule has 2 aromatic carbocycles. The first-order valence-electron chi connectivity index (χ1n) is 7.32. The van der Waals surface area contributed by atoms with Gasteiger partial charge in [0.2, 0.25) is 10.5 Å². The highest BCUT2D eigenvalue weighted by Gasteiger charge is 2.22. The van der Waals surface area contributed by atoms with Crippen LogP contribution in [0.25, 0.3) is 10.2 Å². The third-order valence-electron chi connectivity index (χ3n) is 3.31. The van der Waals surface area contributed by atoms with Gasteiger partial charge in [0.25, 0.3) is 0 Å². The van der Waals surface area contributed by atoms with Crippen LogP contribution < -0.4 is 23.2 Å². The Morgan fingerprint density at radius 3 is 2.04 bits per heavy atom. The number of hydrogen-bond acceptors (Lipinski definition) is 5. The van der Waals surface area contributed by atoms with E-state index < -0.39 is 10.2 Å². The predicted molar refractivity (Wildman–Crippen MR) is 81.7 cm³/mol. The van der Waals surface area contributed by atoms with Crippen molar-refractivity contribution in [3.05, 3.63) is 65.2 Å². The second kappa shape index (κ2) is 8.02. The lowest BCUT2D eigenvalue weighted by Crippen LogP contribution is -2.68. The van der Waals surface area contributed by atoms with E-state index >= 15 is 0 Å². The molecule has 0 radical (unpaired) electrons. The predicted octanol–water partition coefficient (Wildman–Crippen LogP) is -0.395. The van der Waals surface area contributed by atoms with Crippen molar-refractivity contribution in [2.24, 2.45) is 0 Å². The molecular formula is C17H18ClNO4S. The molecule has 0 unspecified atom stereocenters. The highest BCUT2D eigenvalue weighted by molar-refractivity contribution is 7.18. The zero-order chi connectivity index (χ0) is 17.7. The summed E-state index contributed by atoms with van der Waals surface area (Å²) in [5.74, 6) is 0.557. The fourth-order valence-corrected chi connectivity index (χ4v) is 3.58. The quantitative estimate of drug-likeness (QED) is 0.588. The van der Waals surface area contributed by atoms with Gasteiger partial charge in [-0.3, -0.25) is 0 Å². The molecule has 128 valence electrons. The molecule has 0 amide bonds. The lowest BCUT2D eigenvalue weighted by atomic mass is 10.2. The van der Waals surface area contributed by atoms with E-state index in [9.17, 15) is 0 Å². The van der Waals surface area contributed by atoms with Crippen LogP contribution in [-0.2, 0) is 6.54 Å². The zero-order valence-corrected chi connectivity index (χ0v) is 14.9. The van der Waals surface area contributed by atoms with Crippen molar-refractivity contribution in [2.45, 2.75) is 26.3 Å². The number of thiazole rings is 1. The molecule has 0 atom stereocenters. The number of benzene rings is 2. The molecule has 0 aliphatic carbocycles. The molecule has 0 spiro atoms. The van der Waals surface area contributed by atoms with E-state index in [1.807, 2.05) is 11.3 Å². The van der Waals surface area contributed by atoms with Gasteiger partial charge in [-0.1, -0.05) is 67.6 Å². The van der Waals surface area contributed by atoms with Gasteiger partial charge < -0.3 is 0 Å². The number of fused-ring (bicyclic) bond motifs is 1. The van der Waals surface area contributed by atoms with E-state index in [1.165, 1.54) is 20.8 Å². The van der Waals surface area contributed by atoms with Gasteiger partial charge in [0, 0.05) is 17.5 Å². The normalized spacial score (nSPS) is 11.5. The van der Waals surface area contributed by atoms with Crippen molar-refractivity contribution in [1.29, 1.82) is 0 Å². The highest BCUT2D eigenvalue weighted by Crippen LogP contribution is 2.25. The van der Waals surface area contributed by atoms with E-state index in [2.05, 4.69) is 73.0 Å². The minimum atomic E-state index is -4.94. The molecule has 0 N–H and O–H groups in total. The van der Waals surface area contributed by atoms with Crippen molar-refractivity contribution >= 4 is 21.6 Å². The summed E-state index contributed by atoms with van der Waals surface area (Å²) in [5.41, 5.74) is 2.71. The van der Waals surface area contributed by atoms with E-state index in [1.54, 1.807) is 0 Å². The number of para-hydroxylation sites is 1. The van der Waals surface area contributed by atoms with Gasteiger partial charge in [-0.2, -0.15) is 4.57 Å². The van der Waals surface area contributed by atoms with E-state index in [-0.39, 0.29) is 0 Å². The van der Waals surface area contributed by atoms with Gasteiger partial charge in [-0.25, -0.2) is 18.6 Å². The third kappa shape index (κ3) is 5.52. The Balaban J connectivity index is 0.000000368. The fourth-order valence-electron chi connectivity index (χ4n) is 2.41. The van der Waals surface area contributed by atoms with Crippen LogP contribution in [0.3, 0.4) is 0 Å². The molecule has 0 bridgehead atoms. The Bertz CT molecular complexity index is 778. The molecule has 0 saturated heterocycles. The van der Waals surface area contributed by atoms with E-state index in [0.29, 0.717) is 5.92 Å². The van der Waals surface area contributed by atoms with Gasteiger partial charge in [0.15, 0.2) is 6.54 Å². The Hall–Kier alpha value is -1.54. The molecule has 7 heteroatoms. The van der Waals surface area contributed by atoms with Crippen molar-refractivity contribution in [1.82, 2.24) is 0 Å². The van der Waals surface area contributed by atoms with Crippen LogP contribution in [0.4, 0.5) is 0 Å². The van der Waals surface area contributed by atoms with Crippen LogP contribution in [0.2, 0.25) is 0 Å². The average Bonchev–Trinajstić information content (AvgIpc) is 2.86. The van der Waals surface area contributed by atoms with Crippen molar-refractivity contribution < 1.29 is 33.4 Å². The molecule has 24 heavy (non-hydrogen) atoms. The first-order chi connectivity index (χ1) is 11.3. The van der Waals surface area contributed by atoms with Crippen molar-refractivity contribution in [3.8, 4) is 0 Å². The average molecular weight is 368 g/mol. The SMILES string of the molecule is CC(C)c1sc2ccccc2[n+]1Cc1ccccc1.[O-][Cl+3]([O-])([O-])[O-]. The van der Waals surface area contributed by atoms with Crippen LogP contribution in [-0.4, -0.2) is 0 Å². The van der Waals surface area contributed by atoms with E-state index in [4.69, 9.17) is 18.6 Å². The van der Waals surface area contributed by atoms with Crippen molar-refractivity contribution in [2.75, 3.05) is 0 Å². The number of rotatable bonds is 3. The van der Waals surface area contributed by atoms with Gasteiger partial charge in [-0.15, -0.1) is 10.2 Å². The van der Waals surface area contributed by atoms with Gasteiger partial charge in [0.1, 0.15) is 4.70 Å². The second-order valence-corrected chi connectivity index (χ2v) is 7.33. The molecule has 3 aromatic rings. The highest BCUT2D eigenvalue weighted by atomic mass is 35.7. The van der Waals surface area contributed by atoms with Gasteiger partial charge >= 0.3 is 0 Å². The summed E-state index contributed by atoms with van der Waals surface area (Å²) < 4.78 is 37.8. The molecule has 3 rings (SSSR count). The van der Waals surface area contributed by atoms with Crippen LogP contribution in [0.15, 0.2) is 54.6 Å². The molecule has 0 fully saturated rings. The summed E-state index contributed by atoms with van der Waals surface area (Å²) in [6, 6.07) is 19.4. The number of nitrogens with zero attached hydrogens (tertiary/aromatic N) is 1. The summed E-state index contributed by atoms with van der Waals surface area (Å²) in [7, 11) is -4.94. The molecule has 0 aliphatic heterocycles. The first kappa shape index (κ1) is 18.8. The molecule has 5 nitrogen and oxygen atoms in total. The van der Waals surface area contributed by atoms with Gasteiger partial charge in [0.05, 0.1) is 0 Å². The molecule has 0 aliphatic rings. The largest absolute Gasteiger partial charge is 0.241 e.